The highest BCUT2D eigenvalue weighted by atomic mass is 32.2. The number of benzene rings is 1. The van der Waals surface area contributed by atoms with Crippen LogP contribution in [0.2, 0.25) is 0 Å². The summed E-state index contributed by atoms with van der Waals surface area (Å²) in [6.45, 7) is 7.84. The molecule has 1 fully saturated rings. The molecule has 0 bridgehead atoms. The third-order valence-corrected chi connectivity index (χ3v) is 5.22. The lowest BCUT2D eigenvalue weighted by molar-refractivity contribution is -0.139. The molecular weight excluding hydrogens is 364 g/mol. The lowest BCUT2D eigenvalue weighted by atomic mass is 9.94. The number of esters is 1. The Kier molecular flexibility index (Phi) is 6.01. The zero-order valence-electron chi connectivity index (χ0n) is 15.4. The number of ether oxygens (including phenoxy) is 2. The van der Waals surface area contributed by atoms with Crippen molar-refractivity contribution in [3.05, 3.63) is 53.8 Å². The van der Waals surface area contributed by atoms with Crippen molar-refractivity contribution in [3.8, 4) is 5.75 Å². The first-order chi connectivity index (χ1) is 13.1. The van der Waals surface area contributed by atoms with E-state index in [0.29, 0.717) is 41.0 Å². The van der Waals surface area contributed by atoms with E-state index < -0.39 is 12.0 Å². The second-order valence-electron chi connectivity index (χ2n) is 6.05. The molecule has 2 aliphatic heterocycles. The third kappa shape index (κ3) is 3.93. The Balaban J connectivity index is 2.04. The first-order valence-electron chi connectivity index (χ1n) is 8.82. The number of fused-ring (bicyclic) bond motifs is 1. The molecule has 2 aliphatic rings. The lowest BCUT2D eigenvalue weighted by Crippen LogP contribution is -2.45. The van der Waals surface area contributed by atoms with Crippen LogP contribution in [-0.4, -0.2) is 40.9 Å². The molecule has 0 radical (unpaired) electrons. The number of aliphatic imine (C=N–C) groups is 1. The number of rotatable bonds is 6. The molecule has 1 aromatic carbocycles. The van der Waals surface area contributed by atoms with Gasteiger partial charge in [-0.15, -0.1) is 0 Å². The van der Waals surface area contributed by atoms with E-state index >= 15 is 0 Å². The first kappa shape index (κ1) is 19.2. The predicted octanol–water partition coefficient (Wildman–Crippen LogP) is 3.46. The molecular formula is C20H22N2O4S. The molecule has 1 saturated heterocycles. The van der Waals surface area contributed by atoms with Gasteiger partial charge >= 0.3 is 5.97 Å². The summed E-state index contributed by atoms with van der Waals surface area (Å²) >= 11 is 1.53. The van der Waals surface area contributed by atoms with Crippen LogP contribution in [0.3, 0.4) is 0 Å². The predicted molar refractivity (Wildman–Crippen MR) is 106 cm³/mol. The van der Waals surface area contributed by atoms with Gasteiger partial charge in [-0.3, -0.25) is 9.69 Å². The second kappa shape index (κ2) is 8.43. The third-order valence-electron chi connectivity index (χ3n) is 4.27. The van der Waals surface area contributed by atoms with Gasteiger partial charge in [0.15, 0.2) is 5.17 Å². The standard InChI is InChI=1S/C20H22N2O4S/c1-4-11-26-15-8-6-14(7-9-15)18-17(19(24)25-5-2)13(3)21-20-22(18)16(23)10-12-27-20/h4,6-9,18H,1,5,10-12H2,2-3H3/t18-/m0/s1. The first-order valence-corrected chi connectivity index (χ1v) is 9.80. The van der Waals surface area contributed by atoms with Crippen molar-refractivity contribution in [2.45, 2.75) is 26.3 Å². The van der Waals surface area contributed by atoms with Crippen LogP contribution >= 0.6 is 11.8 Å². The zero-order valence-corrected chi connectivity index (χ0v) is 16.3. The maximum atomic E-state index is 12.7. The van der Waals surface area contributed by atoms with Crippen molar-refractivity contribution in [1.29, 1.82) is 0 Å². The molecule has 0 unspecified atom stereocenters. The number of nitrogens with zero attached hydrogens (tertiary/aromatic N) is 2. The molecule has 3 rings (SSSR count). The monoisotopic (exact) mass is 386 g/mol. The summed E-state index contributed by atoms with van der Waals surface area (Å²) in [5, 5.41) is 0.633. The Morgan fingerprint density at radius 3 is 2.81 bits per heavy atom. The van der Waals surface area contributed by atoms with Gasteiger partial charge in [0.05, 0.1) is 23.9 Å². The van der Waals surface area contributed by atoms with Crippen LogP contribution in [0.5, 0.6) is 5.75 Å². The van der Waals surface area contributed by atoms with E-state index in [-0.39, 0.29) is 12.5 Å². The number of hydrogen-bond acceptors (Lipinski definition) is 6. The van der Waals surface area contributed by atoms with Gasteiger partial charge in [0.2, 0.25) is 5.91 Å². The molecule has 0 saturated carbocycles. The minimum Gasteiger partial charge on any atom is -0.490 e. The number of amidine groups is 1. The van der Waals surface area contributed by atoms with E-state index in [1.807, 2.05) is 24.3 Å². The van der Waals surface area contributed by atoms with Crippen molar-refractivity contribution in [3.63, 3.8) is 0 Å². The van der Waals surface area contributed by atoms with E-state index in [9.17, 15) is 9.59 Å². The molecule has 1 amide bonds. The summed E-state index contributed by atoms with van der Waals surface area (Å²) in [5.41, 5.74) is 1.79. The smallest absolute Gasteiger partial charge is 0.338 e. The van der Waals surface area contributed by atoms with Crippen LogP contribution < -0.4 is 4.74 Å². The van der Waals surface area contributed by atoms with Gasteiger partial charge in [-0.25, -0.2) is 9.79 Å². The lowest BCUT2D eigenvalue weighted by Gasteiger charge is -2.38. The van der Waals surface area contributed by atoms with Crippen molar-refractivity contribution >= 4 is 28.8 Å². The number of thioether (sulfide) groups is 1. The van der Waals surface area contributed by atoms with Crippen LogP contribution in [0, 0.1) is 0 Å². The number of carbonyl (C=O) groups is 2. The summed E-state index contributed by atoms with van der Waals surface area (Å²) in [6.07, 6.45) is 2.09. The van der Waals surface area contributed by atoms with Gasteiger partial charge in [0.1, 0.15) is 12.4 Å². The van der Waals surface area contributed by atoms with Crippen LogP contribution in [-0.2, 0) is 14.3 Å². The Hall–Kier alpha value is -2.54. The molecule has 2 heterocycles. The van der Waals surface area contributed by atoms with Crippen molar-refractivity contribution < 1.29 is 19.1 Å². The Morgan fingerprint density at radius 1 is 1.41 bits per heavy atom. The molecule has 7 heteroatoms. The van der Waals surface area contributed by atoms with Gasteiger partial charge in [0, 0.05) is 12.2 Å². The Morgan fingerprint density at radius 2 is 2.15 bits per heavy atom. The molecule has 0 N–H and O–H groups in total. The van der Waals surface area contributed by atoms with Crippen molar-refractivity contribution in [2.24, 2.45) is 4.99 Å². The topological polar surface area (TPSA) is 68.2 Å². The van der Waals surface area contributed by atoms with Crippen molar-refractivity contribution in [1.82, 2.24) is 4.90 Å². The van der Waals surface area contributed by atoms with E-state index in [1.165, 1.54) is 11.8 Å². The highest BCUT2D eigenvalue weighted by Gasteiger charge is 2.41. The minimum atomic E-state index is -0.551. The van der Waals surface area contributed by atoms with Gasteiger partial charge in [0.25, 0.3) is 0 Å². The Bertz CT molecular complexity index is 814. The highest BCUT2D eigenvalue weighted by Crippen LogP contribution is 2.40. The molecule has 1 atom stereocenters. The maximum Gasteiger partial charge on any atom is 0.338 e. The van der Waals surface area contributed by atoms with Crippen LogP contribution in [0.15, 0.2) is 53.2 Å². The number of allylic oxidation sites excluding steroid dienone is 1. The van der Waals surface area contributed by atoms with Gasteiger partial charge < -0.3 is 9.47 Å². The number of carbonyl (C=O) groups excluding carboxylic acids is 2. The fraction of sp³-hybridized carbons (Fsp3) is 0.350. The molecule has 0 aliphatic carbocycles. The maximum absolute atomic E-state index is 12.7. The highest BCUT2D eigenvalue weighted by molar-refractivity contribution is 8.14. The molecule has 0 spiro atoms. The van der Waals surface area contributed by atoms with E-state index in [4.69, 9.17) is 9.47 Å². The molecule has 1 aromatic rings. The fourth-order valence-electron chi connectivity index (χ4n) is 3.08. The second-order valence-corrected chi connectivity index (χ2v) is 7.11. The van der Waals surface area contributed by atoms with Crippen molar-refractivity contribution in [2.75, 3.05) is 19.0 Å². The van der Waals surface area contributed by atoms with E-state index in [1.54, 1.807) is 24.8 Å². The quantitative estimate of drug-likeness (QED) is 0.553. The van der Waals surface area contributed by atoms with Crippen LogP contribution in [0.1, 0.15) is 31.9 Å². The average molecular weight is 386 g/mol. The molecule has 0 aromatic heterocycles. The number of amides is 1. The van der Waals surface area contributed by atoms with Gasteiger partial charge in [-0.05, 0) is 31.5 Å². The average Bonchev–Trinajstić information content (AvgIpc) is 2.66. The van der Waals surface area contributed by atoms with E-state index in [0.717, 1.165) is 5.56 Å². The normalized spacial score (nSPS) is 19.3. The fourth-order valence-corrected chi connectivity index (χ4v) is 4.09. The van der Waals surface area contributed by atoms with Gasteiger partial charge in [-0.2, -0.15) is 0 Å². The van der Waals surface area contributed by atoms with Gasteiger partial charge in [-0.1, -0.05) is 36.5 Å². The zero-order chi connectivity index (χ0) is 19.4. The van der Waals surface area contributed by atoms with E-state index in [2.05, 4.69) is 11.6 Å². The molecule has 6 nitrogen and oxygen atoms in total. The summed E-state index contributed by atoms with van der Waals surface area (Å²) in [6, 6.07) is 6.83. The minimum absolute atomic E-state index is 0.0428. The number of hydrogen-bond donors (Lipinski definition) is 0. The summed E-state index contributed by atoms with van der Waals surface area (Å²) < 4.78 is 10.8. The van der Waals surface area contributed by atoms with Crippen LogP contribution in [0.25, 0.3) is 0 Å². The SMILES string of the molecule is C=CCOc1ccc([C@H]2C(C(=O)OCC)=C(C)N=C3SCCC(=O)N32)cc1. The molecule has 142 valence electrons. The summed E-state index contributed by atoms with van der Waals surface area (Å²) in [4.78, 5) is 31.4. The largest absolute Gasteiger partial charge is 0.490 e. The molecule has 27 heavy (non-hydrogen) atoms. The van der Waals surface area contributed by atoms with Crippen LogP contribution in [0.4, 0.5) is 0 Å². The summed E-state index contributed by atoms with van der Waals surface area (Å²) in [7, 11) is 0. The summed E-state index contributed by atoms with van der Waals surface area (Å²) in [5.74, 6) is 0.898. The Labute approximate surface area is 162 Å².